The maximum Gasteiger partial charge on any atom is 0.261 e. The van der Waals surface area contributed by atoms with Crippen LogP contribution in [0.1, 0.15) is 11.1 Å². The summed E-state index contributed by atoms with van der Waals surface area (Å²) in [5, 5.41) is 4.58. The molecule has 0 bridgehead atoms. The van der Waals surface area contributed by atoms with Gasteiger partial charge in [-0.25, -0.2) is 9.97 Å². The van der Waals surface area contributed by atoms with Crippen molar-refractivity contribution in [1.29, 1.82) is 0 Å². The summed E-state index contributed by atoms with van der Waals surface area (Å²) in [6.45, 7) is 0.958. The molecule has 0 amide bonds. The second-order valence-corrected chi connectivity index (χ2v) is 13.4. The minimum Gasteiger partial charge on any atom is -0.294 e. The molecule has 0 spiro atoms. The van der Waals surface area contributed by atoms with Crippen LogP contribution in [0.5, 0.6) is 0 Å². The van der Waals surface area contributed by atoms with E-state index in [1.54, 1.807) is 71.1 Å². The highest BCUT2D eigenvalue weighted by Gasteiger charge is 2.08. The quantitative estimate of drug-likeness (QED) is 0.168. The van der Waals surface area contributed by atoms with E-state index in [2.05, 4.69) is 103 Å². The second kappa shape index (κ2) is 15.0. The van der Waals surface area contributed by atoms with Crippen LogP contribution in [0.25, 0.3) is 65.7 Å². The Balaban J connectivity index is 0.000000146. The number of benzene rings is 4. The molecule has 4 aromatic carbocycles. The van der Waals surface area contributed by atoms with Gasteiger partial charge in [-0.3, -0.25) is 38.7 Å². The molecule has 0 saturated carbocycles. The summed E-state index contributed by atoms with van der Waals surface area (Å²) in [5.74, 6) is 0. The van der Waals surface area contributed by atoms with E-state index < -0.39 is 0 Å². The summed E-state index contributed by atoms with van der Waals surface area (Å²) in [6, 6.07) is 38.6. The highest BCUT2D eigenvalue weighted by Crippen LogP contribution is 2.26. The molecular formula is C46H32N8O2. The van der Waals surface area contributed by atoms with E-state index in [4.69, 9.17) is 0 Å². The van der Waals surface area contributed by atoms with Gasteiger partial charge in [0.2, 0.25) is 0 Å². The van der Waals surface area contributed by atoms with Gasteiger partial charge in [0, 0.05) is 41.8 Å². The average molecular weight is 729 g/mol. The van der Waals surface area contributed by atoms with Crippen molar-refractivity contribution < 1.29 is 0 Å². The number of pyridine rings is 4. The SMILES string of the molecule is O=c1c2ccncc2ncn1Cc1ccc(-c2ccc3cnccc3c2)cc1.O=c1c2ccncc2ncn1Cc1ccc(-c2ccc3ncccc3c2)cc1. The van der Waals surface area contributed by atoms with E-state index in [1.807, 2.05) is 36.5 Å². The van der Waals surface area contributed by atoms with Crippen molar-refractivity contribution in [3.05, 3.63) is 203 Å². The molecule has 10 nitrogen and oxygen atoms in total. The number of hydrogen-bond donors (Lipinski definition) is 0. The second-order valence-electron chi connectivity index (χ2n) is 13.4. The molecule has 0 unspecified atom stereocenters. The molecule has 0 fully saturated rings. The van der Waals surface area contributed by atoms with E-state index in [0.29, 0.717) is 34.9 Å². The molecule has 6 aromatic heterocycles. The molecule has 0 N–H and O–H groups in total. The van der Waals surface area contributed by atoms with Crippen LogP contribution in [0.4, 0.5) is 0 Å². The van der Waals surface area contributed by atoms with Gasteiger partial charge in [0.15, 0.2) is 0 Å². The molecule has 10 heteroatoms. The van der Waals surface area contributed by atoms with Gasteiger partial charge >= 0.3 is 0 Å². The number of fused-ring (bicyclic) bond motifs is 4. The van der Waals surface area contributed by atoms with Crippen LogP contribution in [0.15, 0.2) is 181 Å². The zero-order valence-corrected chi connectivity index (χ0v) is 30.0. The lowest BCUT2D eigenvalue weighted by atomic mass is 10.0. The minimum atomic E-state index is -0.0569. The maximum absolute atomic E-state index is 12.6. The van der Waals surface area contributed by atoms with Crippen molar-refractivity contribution in [2.45, 2.75) is 13.1 Å². The van der Waals surface area contributed by atoms with Crippen molar-refractivity contribution in [3.8, 4) is 22.3 Å². The Morgan fingerprint density at radius 3 is 1.54 bits per heavy atom. The van der Waals surface area contributed by atoms with Gasteiger partial charge in [-0.1, -0.05) is 72.8 Å². The third kappa shape index (κ3) is 7.02. The van der Waals surface area contributed by atoms with E-state index in [1.165, 1.54) is 5.39 Å². The number of rotatable bonds is 6. The highest BCUT2D eigenvalue weighted by molar-refractivity contribution is 5.87. The molecule has 0 saturated heterocycles. The summed E-state index contributed by atoms with van der Waals surface area (Å²) in [4.78, 5) is 50.5. The fourth-order valence-corrected chi connectivity index (χ4v) is 6.76. The molecule has 268 valence electrons. The predicted molar refractivity (Wildman–Crippen MR) is 220 cm³/mol. The number of aromatic nitrogens is 8. The van der Waals surface area contributed by atoms with Crippen LogP contribution in [0.3, 0.4) is 0 Å². The van der Waals surface area contributed by atoms with Gasteiger partial charge in [-0.15, -0.1) is 0 Å². The zero-order valence-electron chi connectivity index (χ0n) is 30.0. The molecule has 6 heterocycles. The van der Waals surface area contributed by atoms with Crippen LogP contribution in [-0.4, -0.2) is 39.0 Å². The van der Waals surface area contributed by atoms with Crippen LogP contribution >= 0.6 is 0 Å². The van der Waals surface area contributed by atoms with Gasteiger partial charge in [0.05, 0.1) is 65.5 Å². The fourth-order valence-electron chi connectivity index (χ4n) is 6.76. The Morgan fingerprint density at radius 2 is 0.929 bits per heavy atom. The van der Waals surface area contributed by atoms with Gasteiger partial charge < -0.3 is 0 Å². The van der Waals surface area contributed by atoms with E-state index in [0.717, 1.165) is 49.7 Å². The summed E-state index contributed by atoms with van der Waals surface area (Å²) < 4.78 is 3.25. The Kier molecular flexibility index (Phi) is 9.10. The first kappa shape index (κ1) is 34.1. The molecule has 0 radical (unpaired) electrons. The molecule has 56 heavy (non-hydrogen) atoms. The molecular weight excluding hydrogens is 697 g/mol. The van der Waals surface area contributed by atoms with Gasteiger partial charge in [0.25, 0.3) is 11.1 Å². The summed E-state index contributed by atoms with van der Waals surface area (Å²) >= 11 is 0. The van der Waals surface area contributed by atoms with Crippen molar-refractivity contribution in [3.63, 3.8) is 0 Å². The lowest BCUT2D eigenvalue weighted by Gasteiger charge is -2.08. The smallest absolute Gasteiger partial charge is 0.261 e. The van der Waals surface area contributed by atoms with Crippen LogP contribution < -0.4 is 11.1 Å². The number of nitrogens with zero attached hydrogens (tertiary/aromatic N) is 8. The minimum absolute atomic E-state index is 0.0559. The highest BCUT2D eigenvalue weighted by atomic mass is 16.1. The van der Waals surface area contributed by atoms with Crippen LogP contribution in [-0.2, 0) is 13.1 Å². The van der Waals surface area contributed by atoms with E-state index in [9.17, 15) is 9.59 Å². The van der Waals surface area contributed by atoms with Crippen molar-refractivity contribution in [2.75, 3.05) is 0 Å². The molecule has 0 aliphatic carbocycles. The largest absolute Gasteiger partial charge is 0.294 e. The zero-order chi connectivity index (χ0) is 37.8. The van der Waals surface area contributed by atoms with Gasteiger partial charge in [-0.2, -0.15) is 0 Å². The van der Waals surface area contributed by atoms with E-state index >= 15 is 0 Å². The van der Waals surface area contributed by atoms with Crippen LogP contribution in [0.2, 0.25) is 0 Å². The molecule has 10 aromatic rings. The molecule has 0 aliphatic rings. The summed E-state index contributed by atoms with van der Waals surface area (Å²) in [7, 11) is 0. The normalized spacial score (nSPS) is 11.1. The topological polar surface area (TPSA) is 121 Å². The average Bonchev–Trinajstić information content (AvgIpc) is 3.26. The first-order valence-corrected chi connectivity index (χ1v) is 18.0. The number of hydrogen-bond acceptors (Lipinski definition) is 8. The monoisotopic (exact) mass is 728 g/mol. The van der Waals surface area contributed by atoms with Crippen LogP contribution in [0, 0.1) is 0 Å². The lowest BCUT2D eigenvalue weighted by Crippen LogP contribution is -2.21. The maximum atomic E-state index is 12.6. The molecule has 0 aliphatic heterocycles. The Labute approximate surface area is 320 Å². The Morgan fingerprint density at radius 1 is 0.411 bits per heavy atom. The lowest BCUT2D eigenvalue weighted by molar-refractivity contribution is 0.748. The van der Waals surface area contributed by atoms with Crippen molar-refractivity contribution in [1.82, 2.24) is 39.0 Å². The molecule has 10 rings (SSSR count). The Bertz CT molecular complexity index is 2930. The van der Waals surface area contributed by atoms with E-state index in [-0.39, 0.29) is 11.1 Å². The third-order valence-corrected chi connectivity index (χ3v) is 9.78. The third-order valence-electron chi connectivity index (χ3n) is 9.78. The molecule has 0 atom stereocenters. The van der Waals surface area contributed by atoms with Crippen molar-refractivity contribution >= 4 is 43.5 Å². The van der Waals surface area contributed by atoms with Gasteiger partial charge in [-0.05, 0) is 81.2 Å². The van der Waals surface area contributed by atoms with Crippen molar-refractivity contribution in [2.24, 2.45) is 0 Å². The summed E-state index contributed by atoms with van der Waals surface area (Å²) in [5.41, 5.74) is 8.76. The van der Waals surface area contributed by atoms with Gasteiger partial charge in [0.1, 0.15) is 0 Å². The standard InChI is InChI=1S/2C23H16N4O/c28-23-21-8-10-25-13-22(21)26-15-27(23)14-16-1-3-17(4-2-16)18-5-6-20-12-24-9-7-19(20)11-18;28-23-20-9-11-24-13-22(20)26-15-27(23)14-16-3-5-17(6-4-16)18-7-8-21-19(12-18)2-1-10-25-21/h2*1-13,15H,14H2. The first-order valence-electron chi connectivity index (χ1n) is 18.0. The predicted octanol–water partition coefficient (Wildman–Crippen LogP) is 8.11. The summed E-state index contributed by atoms with van der Waals surface area (Å²) in [6.07, 6.45) is 15.1. The fraction of sp³-hybridized carbons (Fsp3) is 0.0435. The first-order chi connectivity index (χ1) is 27.6. The Hall–Kier alpha value is -7.72.